The highest BCUT2D eigenvalue weighted by Gasteiger charge is 2.49. The number of alkyl halides is 3. The standard InChI is InChI=1S/C38H37F3N4O7/c1-5-42-34(48)37(35(49)43-6-2,25-12-8-7-9-13-25)23-51-36(50)52-27-20-21-31(30(22-27)33(47)45(3)4)44-32(46)29-15-11-10-14-28(29)24-16-18-26(19-17-24)38(39,40)41/h7-22H,5-6,23H2,1-4H3,(H,42,48)(H,43,49)(H,44,46). The predicted molar refractivity (Wildman–Crippen MR) is 187 cm³/mol. The number of benzene rings is 4. The van der Waals surface area contributed by atoms with Gasteiger partial charge in [0, 0.05) is 32.7 Å². The molecule has 0 aliphatic rings. The highest BCUT2D eigenvalue weighted by molar-refractivity contribution is 6.12. The van der Waals surface area contributed by atoms with Gasteiger partial charge in [-0.15, -0.1) is 0 Å². The van der Waals surface area contributed by atoms with Crippen molar-refractivity contribution in [2.45, 2.75) is 25.4 Å². The van der Waals surface area contributed by atoms with Crippen molar-refractivity contribution >= 4 is 35.5 Å². The van der Waals surface area contributed by atoms with E-state index < -0.39 is 53.5 Å². The second-order valence-electron chi connectivity index (χ2n) is 11.6. The molecule has 0 heterocycles. The Morgan fingerprint density at radius 2 is 1.31 bits per heavy atom. The van der Waals surface area contributed by atoms with Gasteiger partial charge in [0.25, 0.3) is 11.8 Å². The largest absolute Gasteiger partial charge is 0.513 e. The van der Waals surface area contributed by atoms with Gasteiger partial charge < -0.3 is 30.3 Å². The zero-order valence-electron chi connectivity index (χ0n) is 28.8. The van der Waals surface area contributed by atoms with Crippen molar-refractivity contribution < 1.29 is 46.6 Å². The van der Waals surface area contributed by atoms with Crippen LogP contribution in [-0.2, 0) is 25.9 Å². The number of halogens is 3. The zero-order valence-corrected chi connectivity index (χ0v) is 28.8. The average molecular weight is 719 g/mol. The number of anilines is 1. The fraction of sp³-hybridized carbons (Fsp3) is 0.237. The molecule has 4 amide bonds. The summed E-state index contributed by atoms with van der Waals surface area (Å²) in [6, 6.07) is 22.6. The number of carbonyl (C=O) groups is 5. The second kappa shape index (κ2) is 16.7. The Balaban J connectivity index is 1.60. The molecule has 0 aliphatic heterocycles. The first-order valence-electron chi connectivity index (χ1n) is 16.1. The summed E-state index contributed by atoms with van der Waals surface area (Å²) in [4.78, 5) is 67.8. The van der Waals surface area contributed by atoms with Gasteiger partial charge in [0.2, 0.25) is 11.8 Å². The molecule has 0 bridgehead atoms. The fourth-order valence-electron chi connectivity index (χ4n) is 5.29. The molecule has 0 saturated heterocycles. The lowest BCUT2D eigenvalue weighted by molar-refractivity contribution is -0.140. The van der Waals surface area contributed by atoms with E-state index in [4.69, 9.17) is 9.47 Å². The first kappa shape index (κ1) is 38.6. The summed E-state index contributed by atoms with van der Waals surface area (Å²) in [5.74, 6) is -2.78. The summed E-state index contributed by atoms with van der Waals surface area (Å²) in [5, 5.41) is 7.94. The number of likely N-dealkylation sites (N-methyl/N-ethyl adjacent to an activating group) is 2. The second-order valence-corrected chi connectivity index (χ2v) is 11.6. The Morgan fingerprint density at radius 3 is 1.88 bits per heavy atom. The molecule has 11 nitrogen and oxygen atoms in total. The predicted octanol–water partition coefficient (Wildman–Crippen LogP) is 6.05. The van der Waals surface area contributed by atoms with E-state index in [-0.39, 0.29) is 41.2 Å². The van der Waals surface area contributed by atoms with E-state index in [0.29, 0.717) is 11.1 Å². The minimum absolute atomic E-state index is 0.0437. The summed E-state index contributed by atoms with van der Waals surface area (Å²) >= 11 is 0. The van der Waals surface area contributed by atoms with Gasteiger partial charge in [0.15, 0.2) is 5.41 Å². The van der Waals surface area contributed by atoms with E-state index >= 15 is 0 Å². The molecule has 272 valence electrons. The Hall–Kier alpha value is -6.18. The Kier molecular flexibility index (Phi) is 12.4. The lowest BCUT2D eigenvalue weighted by atomic mass is 9.79. The zero-order chi connectivity index (χ0) is 38.1. The number of hydrogen-bond donors (Lipinski definition) is 3. The molecular formula is C38H37F3N4O7. The smallest absolute Gasteiger partial charge is 0.432 e. The van der Waals surface area contributed by atoms with Crippen molar-refractivity contribution in [2.24, 2.45) is 0 Å². The Labute approximate surface area is 298 Å². The number of carbonyl (C=O) groups excluding carboxylic acids is 5. The number of ether oxygens (including phenoxy) is 2. The Bertz CT molecular complexity index is 1910. The topological polar surface area (TPSA) is 143 Å². The number of nitrogens with zero attached hydrogens (tertiary/aromatic N) is 1. The molecule has 0 fully saturated rings. The molecule has 52 heavy (non-hydrogen) atoms. The van der Waals surface area contributed by atoms with Gasteiger partial charge >= 0.3 is 12.3 Å². The van der Waals surface area contributed by atoms with Crippen molar-refractivity contribution in [3.05, 3.63) is 119 Å². The number of nitrogens with one attached hydrogen (secondary N) is 3. The molecule has 0 aromatic heterocycles. The molecule has 0 unspecified atom stereocenters. The highest BCUT2D eigenvalue weighted by atomic mass is 19.4. The molecule has 0 radical (unpaired) electrons. The number of hydrogen-bond acceptors (Lipinski definition) is 7. The van der Waals surface area contributed by atoms with Crippen molar-refractivity contribution in [3.8, 4) is 16.9 Å². The lowest BCUT2D eigenvalue weighted by Crippen LogP contribution is -2.57. The van der Waals surface area contributed by atoms with Crippen LogP contribution in [0.2, 0.25) is 0 Å². The van der Waals surface area contributed by atoms with Gasteiger partial charge in [-0.1, -0.05) is 60.7 Å². The van der Waals surface area contributed by atoms with E-state index in [9.17, 15) is 37.1 Å². The molecule has 4 rings (SSSR count). The maximum atomic E-state index is 13.6. The third-order valence-electron chi connectivity index (χ3n) is 7.89. The first-order chi connectivity index (χ1) is 24.7. The van der Waals surface area contributed by atoms with Crippen molar-refractivity contribution in [2.75, 3.05) is 39.1 Å². The van der Waals surface area contributed by atoms with Crippen molar-refractivity contribution in [3.63, 3.8) is 0 Å². The van der Waals surface area contributed by atoms with Crippen LogP contribution in [0.3, 0.4) is 0 Å². The molecular weight excluding hydrogens is 681 g/mol. The van der Waals surface area contributed by atoms with Gasteiger partial charge in [0.05, 0.1) is 16.8 Å². The van der Waals surface area contributed by atoms with Crippen LogP contribution < -0.4 is 20.7 Å². The summed E-state index contributed by atoms with van der Waals surface area (Å²) < 4.78 is 50.1. The van der Waals surface area contributed by atoms with E-state index in [1.807, 2.05) is 0 Å². The van der Waals surface area contributed by atoms with Crippen LogP contribution in [0.25, 0.3) is 11.1 Å². The summed E-state index contributed by atoms with van der Waals surface area (Å²) in [6.07, 6.45) is -5.81. The maximum absolute atomic E-state index is 13.6. The molecule has 4 aromatic rings. The van der Waals surface area contributed by atoms with Crippen LogP contribution in [-0.4, -0.2) is 68.5 Å². The fourth-order valence-corrected chi connectivity index (χ4v) is 5.29. The molecule has 0 saturated carbocycles. The van der Waals surface area contributed by atoms with Crippen LogP contribution in [0.4, 0.5) is 23.7 Å². The van der Waals surface area contributed by atoms with Crippen molar-refractivity contribution in [1.29, 1.82) is 0 Å². The van der Waals surface area contributed by atoms with Crippen LogP contribution in [0, 0.1) is 0 Å². The van der Waals surface area contributed by atoms with Gasteiger partial charge in [-0.25, -0.2) is 4.79 Å². The maximum Gasteiger partial charge on any atom is 0.513 e. The van der Waals surface area contributed by atoms with Crippen molar-refractivity contribution in [1.82, 2.24) is 15.5 Å². The van der Waals surface area contributed by atoms with Crippen LogP contribution in [0.1, 0.15) is 45.7 Å². The highest BCUT2D eigenvalue weighted by Crippen LogP contribution is 2.33. The third kappa shape index (κ3) is 8.75. The van der Waals surface area contributed by atoms with E-state index in [0.717, 1.165) is 12.1 Å². The molecule has 3 N–H and O–H groups in total. The van der Waals surface area contributed by atoms with Crippen LogP contribution >= 0.6 is 0 Å². The lowest BCUT2D eigenvalue weighted by Gasteiger charge is -2.30. The van der Waals surface area contributed by atoms with Gasteiger partial charge in [0.1, 0.15) is 12.4 Å². The molecule has 14 heteroatoms. The number of rotatable bonds is 12. The van der Waals surface area contributed by atoms with E-state index in [2.05, 4.69) is 16.0 Å². The summed E-state index contributed by atoms with van der Waals surface area (Å²) in [6.45, 7) is 3.03. The molecule has 4 aromatic carbocycles. The quantitative estimate of drug-likeness (QED) is 0.0920. The monoisotopic (exact) mass is 718 g/mol. The molecule has 0 spiro atoms. The van der Waals surface area contributed by atoms with Gasteiger partial charge in [-0.05, 0) is 66.9 Å². The van der Waals surface area contributed by atoms with Crippen LogP contribution in [0.5, 0.6) is 5.75 Å². The minimum atomic E-state index is -4.53. The third-order valence-corrected chi connectivity index (χ3v) is 7.89. The number of amides is 4. The summed E-state index contributed by atoms with van der Waals surface area (Å²) in [5.41, 5.74) is -1.71. The normalized spacial score (nSPS) is 11.2. The minimum Gasteiger partial charge on any atom is -0.432 e. The SMILES string of the molecule is CCNC(=O)C(COC(=O)Oc1ccc(NC(=O)c2ccccc2-c2ccc(C(F)(F)F)cc2)c(C(=O)N(C)C)c1)(C(=O)NCC)c1ccccc1. The van der Waals surface area contributed by atoms with Gasteiger partial charge in [-0.2, -0.15) is 13.2 Å². The molecule has 0 aliphatic carbocycles. The first-order valence-corrected chi connectivity index (χ1v) is 16.1. The Morgan fingerprint density at radius 1 is 0.712 bits per heavy atom. The van der Waals surface area contributed by atoms with Crippen LogP contribution in [0.15, 0.2) is 97.1 Å². The molecule has 0 atom stereocenters. The van der Waals surface area contributed by atoms with E-state index in [1.165, 1.54) is 55.4 Å². The average Bonchev–Trinajstić information content (AvgIpc) is 3.12. The van der Waals surface area contributed by atoms with E-state index in [1.54, 1.807) is 62.4 Å². The summed E-state index contributed by atoms with van der Waals surface area (Å²) in [7, 11) is 2.95. The van der Waals surface area contributed by atoms with Gasteiger partial charge in [-0.3, -0.25) is 19.2 Å².